The summed E-state index contributed by atoms with van der Waals surface area (Å²) in [6.07, 6.45) is 2.66. The number of amides is 1. The number of nitrogens with zero attached hydrogens (tertiary/aromatic N) is 2. The second-order valence-corrected chi connectivity index (χ2v) is 6.57. The van der Waals surface area contributed by atoms with Gasteiger partial charge in [-0.05, 0) is 39.5 Å². The number of carbonyl (C=O) groups is 1. The highest BCUT2D eigenvalue weighted by Gasteiger charge is 2.37. The van der Waals surface area contributed by atoms with Crippen molar-refractivity contribution in [3.63, 3.8) is 0 Å². The summed E-state index contributed by atoms with van der Waals surface area (Å²) in [7, 11) is 0. The first kappa shape index (κ1) is 14.5. The number of carbonyl (C=O) groups excluding carboxylic acids is 1. The van der Waals surface area contributed by atoms with Crippen LogP contribution in [-0.4, -0.2) is 23.0 Å². The molecule has 0 aliphatic heterocycles. The summed E-state index contributed by atoms with van der Waals surface area (Å²) in [5, 5.41) is 6.42. The predicted octanol–water partition coefficient (Wildman–Crippen LogP) is 2.79. The smallest absolute Gasteiger partial charge is 0.225 e. The number of hydrogen-bond donors (Lipinski definition) is 1. The molecule has 1 N–H and O–H groups in total. The minimum atomic E-state index is 0.0506. The van der Waals surface area contributed by atoms with Crippen molar-refractivity contribution in [3.8, 4) is 0 Å². The van der Waals surface area contributed by atoms with Gasteiger partial charge >= 0.3 is 0 Å². The fraction of sp³-hybridized carbons (Fsp3) is 0.714. The molecule has 2 rings (SSSR count). The third kappa shape index (κ3) is 3.54. The Labute approximate surface area is 119 Å². The Morgan fingerprint density at radius 1 is 1.58 bits per heavy atom. The summed E-state index contributed by atoms with van der Waals surface area (Å²) < 4.78 is 0. The largest absolute Gasteiger partial charge is 0.306 e. The summed E-state index contributed by atoms with van der Waals surface area (Å²) in [4.78, 5) is 17.7. The number of hydrogen-bond acceptors (Lipinski definition) is 4. The van der Waals surface area contributed by atoms with Crippen molar-refractivity contribution in [1.82, 2.24) is 10.3 Å². The van der Waals surface area contributed by atoms with Gasteiger partial charge in [0.1, 0.15) is 0 Å². The molecule has 5 heteroatoms. The maximum atomic E-state index is 11.5. The van der Waals surface area contributed by atoms with E-state index in [1.165, 1.54) is 24.2 Å². The van der Waals surface area contributed by atoms with Gasteiger partial charge in [0.15, 0.2) is 5.13 Å². The first-order valence-electron chi connectivity index (χ1n) is 6.91. The van der Waals surface area contributed by atoms with E-state index in [4.69, 9.17) is 0 Å². The fourth-order valence-electron chi connectivity index (χ4n) is 2.26. The van der Waals surface area contributed by atoms with Gasteiger partial charge in [0, 0.05) is 30.9 Å². The molecule has 106 valence electrons. The first-order valence-corrected chi connectivity index (χ1v) is 7.79. The Kier molecular flexibility index (Phi) is 4.26. The monoisotopic (exact) mass is 281 g/mol. The zero-order valence-electron chi connectivity index (χ0n) is 12.2. The minimum absolute atomic E-state index is 0.0506. The third-order valence-corrected chi connectivity index (χ3v) is 4.70. The van der Waals surface area contributed by atoms with Gasteiger partial charge in [0.05, 0.1) is 5.69 Å². The standard InChI is InChI=1S/C14H23N3OS/c1-5-17(10(2)18)13-16-12(9-19-13)8-15-14(3,4)11-6-7-11/h9,11,15H,5-8H2,1-4H3. The van der Waals surface area contributed by atoms with Crippen molar-refractivity contribution in [3.05, 3.63) is 11.1 Å². The van der Waals surface area contributed by atoms with Crippen molar-refractivity contribution in [2.75, 3.05) is 11.4 Å². The van der Waals surface area contributed by atoms with E-state index in [-0.39, 0.29) is 11.4 Å². The lowest BCUT2D eigenvalue weighted by atomic mass is 9.99. The van der Waals surface area contributed by atoms with Crippen LogP contribution in [0.2, 0.25) is 0 Å². The molecule has 0 saturated heterocycles. The van der Waals surface area contributed by atoms with Gasteiger partial charge in [-0.2, -0.15) is 0 Å². The number of thiazole rings is 1. The van der Waals surface area contributed by atoms with Crippen LogP contribution in [0.3, 0.4) is 0 Å². The molecule has 4 nitrogen and oxygen atoms in total. The summed E-state index contributed by atoms with van der Waals surface area (Å²) in [5.41, 5.74) is 1.21. The Morgan fingerprint density at radius 3 is 2.79 bits per heavy atom. The minimum Gasteiger partial charge on any atom is -0.306 e. The Balaban J connectivity index is 1.95. The summed E-state index contributed by atoms with van der Waals surface area (Å²) in [6.45, 7) is 9.51. The zero-order chi connectivity index (χ0) is 14.0. The van der Waals surface area contributed by atoms with Crippen molar-refractivity contribution in [2.24, 2.45) is 5.92 Å². The van der Waals surface area contributed by atoms with E-state index < -0.39 is 0 Å². The van der Waals surface area contributed by atoms with E-state index >= 15 is 0 Å². The van der Waals surface area contributed by atoms with Crippen molar-refractivity contribution in [1.29, 1.82) is 0 Å². The van der Waals surface area contributed by atoms with Gasteiger partial charge in [0.25, 0.3) is 0 Å². The maximum Gasteiger partial charge on any atom is 0.225 e. The van der Waals surface area contributed by atoms with Gasteiger partial charge in [-0.3, -0.25) is 9.69 Å². The Hall–Kier alpha value is -0.940. The van der Waals surface area contributed by atoms with E-state index in [0.29, 0.717) is 6.54 Å². The van der Waals surface area contributed by atoms with Crippen LogP contribution in [0.25, 0.3) is 0 Å². The molecule has 1 aliphatic carbocycles. The molecular weight excluding hydrogens is 258 g/mol. The lowest BCUT2D eigenvalue weighted by Gasteiger charge is -2.25. The van der Waals surface area contributed by atoms with Gasteiger partial charge < -0.3 is 5.32 Å². The number of rotatable bonds is 6. The molecule has 0 spiro atoms. The molecule has 19 heavy (non-hydrogen) atoms. The van der Waals surface area contributed by atoms with Gasteiger partial charge in [0.2, 0.25) is 5.91 Å². The number of nitrogens with one attached hydrogen (secondary N) is 1. The second kappa shape index (κ2) is 5.59. The molecule has 0 bridgehead atoms. The van der Waals surface area contributed by atoms with E-state index in [9.17, 15) is 4.79 Å². The van der Waals surface area contributed by atoms with E-state index in [2.05, 4.69) is 24.1 Å². The van der Waals surface area contributed by atoms with E-state index in [1.807, 2.05) is 12.3 Å². The average molecular weight is 281 g/mol. The van der Waals surface area contributed by atoms with Crippen LogP contribution in [0.1, 0.15) is 46.2 Å². The van der Waals surface area contributed by atoms with Crippen LogP contribution in [-0.2, 0) is 11.3 Å². The van der Waals surface area contributed by atoms with Crippen LogP contribution in [0.4, 0.5) is 5.13 Å². The third-order valence-electron chi connectivity index (χ3n) is 3.79. The number of anilines is 1. The van der Waals surface area contributed by atoms with Crippen molar-refractivity contribution < 1.29 is 4.79 Å². The summed E-state index contributed by atoms with van der Waals surface area (Å²) in [6, 6.07) is 0. The highest BCUT2D eigenvalue weighted by atomic mass is 32.1. The van der Waals surface area contributed by atoms with Crippen LogP contribution in [0.15, 0.2) is 5.38 Å². The topological polar surface area (TPSA) is 45.2 Å². The van der Waals surface area contributed by atoms with Crippen molar-refractivity contribution >= 4 is 22.4 Å². The molecule has 1 saturated carbocycles. The van der Waals surface area contributed by atoms with E-state index in [0.717, 1.165) is 23.3 Å². The maximum absolute atomic E-state index is 11.5. The molecule has 0 radical (unpaired) electrons. The van der Waals surface area contributed by atoms with E-state index in [1.54, 1.807) is 11.8 Å². The molecular formula is C14H23N3OS. The normalized spacial score (nSPS) is 15.6. The Bertz CT molecular complexity index is 451. The first-order chi connectivity index (χ1) is 8.94. The zero-order valence-corrected chi connectivity index (χ0v) is 13.0. The number of aromatic nitrogens is 1. The van der Waals surface area contributed by atoms with Gasteiger partial charge in [-0.1, -0.05) is 0 Å². The van der Waals surface area contributed by atoms with Gasteiger partial charge in [-0.15, -0.1) is 11.3 Å². The molecule has 1 heterocycles. The van der Waals surface area contributed by atoms with Gasteiger partial charge in [-0.25, -0.2) is 4.98 Å². The molecule has 1 amide bonds. The molecule has 0 aromatic carbocycles. The molecule has 1 aromatic heterocycles. The van der Waals surface area contributed by atoms with Crippen LogP contribution < -0.4 is 10.2 Å². The molecule has 0 unspecified atom stereocenters. The Morgan fingerprint density at radius 2 is 2.26 bits per heavy atom. The van der Waals surface area contributed by atoms with Crippen LogP contribution >= 0.6 is 11.3 Å². The quantitative estimate of drug-likeness (QED) is 0.872. The van der Waals surface area contributed by atoms with Crippen LogP contribution in [0.5, 0.6) is 0 Å². The van der Waals surface area contributed by atoms with Crippen molar-refractivity contribution in [2.45, 2.75) is 52.6 Å². The fourth-order valence-corrected chi connectivity index (χ4v) is 3.19. The lowest BCUT2D eigenvalue weighted by molar-refractivity contribution is -0.116. The summed E-state index contributed by atoms with van der Waals surface area (Å²) in [5.74, 6) is 0.852. The highest BCUT2D eigenvalue weighted by Crippen LogP contribution is 2.39. The predicted molar refractivity (Wildman–Crippen MR) is 79.5 cm³/mol. The second-order valence-electron chi connectivity index (χ2n) is 5.73. The molecule has 1 aromatic rings. The summed E-state index contributed by atoms with van der Waals surface area (Å²) >= 11 is 1.54. The van der Waals surface area contributed by atoms with Crippen LogP contribution in [0, 0.1) is 5.92 Å². The average Bonchev–Trinajstić information content (AvgIpc) is 3.10. The molecule has 0 atom stereocenters. The molecule has 1 fully saturated rings. The highest BCUT2D eigenvalue weighted by molar-refractivity contribution is 7.14. The SMILES string of the molecule is CCN(C(C)=O)c1nc(CNC(C)(C)C2CC2)cs1. The lowest BCUT2D eigenvalue weighted by Crippen LogP contribution is -2.40. The molecule has 1 aliphatic rings.